The molecule has 19 heavy (non-hydrogen) atoms. The standard InChI is InChI=1S/C13H14BrN3O2/c1-16-13(18)12-8-19-3-2-17(12)11-5-9(7-15)4-10(14)6-11/h4-6,12H,2-3,8H2,1H3,(H,16,18). The minimum Gasteiger partial charge on any atom is -0.377 e. The molecule has 1 aromatic carbocycles. The highest BCUT2D eigenvalue weighted by atomic mass is 79.9. The Morgan fingerprint density at radius 1 is 1.58 bits per heavy atom. The highest BCUT2D eigenvalue weighted by Gasteiger charge is 2.29. The van der Waals surface area contributed by atoms with Gasteiger partial charge in [-0.05, 0) is 18.2 Å². The second-order valence-electron chi connectivity index (χ2n) is 4.21. The number of carbonyl (C=O) groups excluding carboxylic acids is 1. The summed E-state index contributed by atoms with van der Waals surface area (Å²) in [4.78, 5) is 13.8. The van der Waals surface area contributed by atoms with Gasteiger partial charge in [-0.1, -0.05) is 15.9 Å². The number of likely N-dealkylation sites (N-methyl/N-ethyl adjacent to an activating group) is 1. The quantitative estimate of drug-likeness (QED) is 0.890. The van der Waals surface area contributed by atoms with Crippen LogP contribution < -0.4 is 10.2 Å². The average Bonchev–Trinajstić information content (AvgIpc) is 2.45. The Labute approximate surface area is 120 Å². The first-order chi connectivity index (χ1) is 9.15. The number of halogens is 1. The number of ether oxygens (including phenoxy) is 1. The van der Waals surface area contributed by atoms with Crippen LogP contribution in [-0.2, 0) is 9.53 Å². The molecule has 1 heterocycles. The number of anilines is 1. The molecule has 0 aliphatic carbocycles. The fourth-order valence-corrected chi connectivity index (χ4v) is 2.58. The zero-order chi connectivity index (χ0) is 13.8. The summed E-state index contributed by atoms with van der Waals surface area (Å²) in [5, 5.41) is 11.7. The van der Waals surface area contributed by atoms with E-state index >= 15 is 0 Å². The normalized spacial score (nSPS) is 18.8. The summed E-state index contributed by atoms with van der Waals surface area (Å²) in [7, 11) is 1.61. The predicted molar refractivity (Wildman–Crippen MR) is 74.9 cm³/mol. The van der Waals surface area contributed by atoms with E-state index in [1.54, 1.807) is 19.2 Å². The van der Waals surface area contributed by atoms with Gasteiger partial charge in [0, 0.05) is 23.8 Å². The van der Waals surface area contributed by atoms with Crippen molar-refractivity contribution in [3.63, 3.8) is 0 Å². The van der Waals surface area contributed by atoms with Crippen LogP contribution in [0.25, 0.3) is 0 Å². The summed E-state index contributed by atoms with van der Waals surface area (Å²) in [6, 6.07) is 7.19. The van der Waals surface area contributed by atoms with Crippen LogP contribution in [0.5, 0.6) is 0 Å². The van der Waals surface area contributed by atoms with Crippen LogP contribution in [0, 0.1) is 11.3 Å². The molecule has 1 saturated heterocycles. The Morgan fingerprint density at radius 2 is 2.37 bits per heavy atom. The monoisotopic (exact) mass is 323 g/mol. The summed E-state index contributed by atoms with van der Waals surface area (Å²) < 4.78 is 6.19. The maximum absolute atomic E-state index is 11.9. The predicted octanol–water partition coefficient (Wildman–Crippen LogP) is 1.27. The minimum absolute atomic E-state index is 0.0850. The Morgan fingerprint density at radius 3 is 3.05 bits per heavy atom. The van der Waals surface area contributed by atoms with Crippen LogP contribution >= 0.6 is 15.9 Å². The van der Waals surface area contributed by atoms with Crippen LogP contribution in [0.15, 0.2) is 22.7 Å². The molecule has 0 radical (unpaired) electrons. The van der Waals surface area contributed by atoms with Crippen molar-refractivity contribution < 1.29 is 9.53 Å². The molecule has 0 saturated carbocycles. The third kappa shape index (κ3) is 3.06. The highest BCUT2D eigenvalue weighted by Crippen LogP contribution is 2.25. The molecule has 1 aromatic rings. The smallest absolute Gasteiger partial charge is 0.244 e. The zero-order valence-electron chi connectivity index (χ0n) is 10.5. The third-order valence-electron chi connectivity index (χ3n) is 3.02. The number of benzene rings is 1. The first kappa shape index (κ1) is 13.8. The van der Waals surface area contributed by atoms with Gasteiger partial charge < -0.3 is 15.0 Å². The number of amides is 1. The maximum atomic E-state index is 11.9. The van der Waals surface area contributed by atoms with Gasteiger partial charge in [-0.3, -0.25) is 4.79 Å². The van der Waals surface area contributed by atoms with Gasteiger partial charge in [0.2, 0.25) is 5.91 Å². The van der Waals surface area contributed by atoms with E-state index in [1.165, 1.54) is 0 Å². The lowest BCUT2D eigenvalue weighted by atomic mass is 10.1. The zero-order valence-corrected chi connectivity index (χ0v) is 12.1. The number of nitrogens with one attached hydrogen (secondary N) is 1. The Hall–Kier alpha value is -1.58. The van der Waals surface area contributed by atoms with E-state index in [9.17, 15) is 4.79 Å². The molecule has 2 rings (SSSR count). The molecule has 100 valence electrons. The maximum Gasteiger partial charge on any atom is 0.244 e. The van der Waals surface area contributed by atoms with Gasteiger partial charge in [-0.25, -0.2) is 0 Å². The number of nitriles is 1. The van der Waals surface area contributed by atoms with Crippen molar-refractivity contribution in [2.75, 3.05) is 31.7 Å². The van der Waals surface area contributed by atoms with Crippen molar-refractivity contribution >= 4 is 27.5 Å². The summed E-state index contributed by atoms with van der Waals surface area (Å²) in [5.74, 6) is -0.0850. The van der Waals surface area contributed by atoms with Gasteiger partial charge >= 0.3 is 0 Å². The molecular weight excluding hydrogens is 310 g/mol. The van der Waals surface area contributed by atoms with Crippen LogP contribution in [0.2, 0.25) is 0 Å². The lowest BCUT2D eigenvalue weighted by Crippen LogP contribution is -2.53. The molecule has 1 unspecified atom stereocenters. The highest BCUT2D eigenvalue weighted by molar-refractivity contribution is 9.10. The first-order valence-corrected chi connectivity index (χ1v) is 6.71. The van der Waals surface area contributed by atoms with E-state index < -0.39 is 0 Å². The Kier molecular flexibility index (Phi) is 4.40. The lowest BCUT2D eigenvalue weighted by molar-refractivity contribution is -0.124. The molecule has 0 bridgehead atoms. The molecule has 1 fully saturated rings. The Bertz CT molecular complexity index is 527. The molecule has 0 aromatic heterocycles. The lowest BCUT2D eigenvalue weighted by Gasteiger charge is -2.36. The van der Waals surface area contributed by atoms with Crippen molar-refractivity contribution in [3.05, 3.63) is 28.2 Å². The van der Waals surface area contributed by atoms with Crippen molar-refractivity contribution in [2.24, 2.45) is 0 Å². The van der Waals surface area contributed by atoms with E-state index in [0.717, 1.165) is 10.2 Å². The average molecular weight is 324 g/mol. The fourth-order valence-electron chi connectivity index (χ4n) is 2.10. The van der Waals surface area contributed by atoms with Gasteiger partial charge in [0.15, 0.2) is 0 Å². The van der Waals surface area contributed by atoms with Gasteiger partial charge in [0.05, 0.1) is 24.8 Å². The molecule has 1 aliphatic rings. The molecule has 1 N–H and O–H groups in total. The van der Waals surface area contributed by atoms with Crippen LogP contribution in [0.1, 0.15) is 5.56 Å². The molecular formula is C13H14BrN3O2. The van der Waals surface area contributed by atoms with E-state index in [-0.39, 0.29) is 11.9 Å². The van der Waals surface area contributed by atoms with Crippen LogP contribution in [0.3, 0.4) is 0 Å². The largest absolute Gasteiger partial charge is 0.377 e. The molecule has 0 spiro atoms. The second-order valence-corrected chi connectivity index (χ2v) is 5.12. The molecule has 1 amide bonds. The molecule has 6 heteroatoms. The second kappa shape index (κ2) is 6.04. The van der Waals surface area contributed by atoms with Gasteiger partial charge in [0.25, 0.3) is 0 Å². The van der Waals surface area contributed by atoms with Crippen LogP contribution in [-0.4, -0.2) is 38.8 Å². The van der Waals surface area contributed by atoms with Gasteiger partial charge in [0.1, 0.15) is 6.04 Å². The van der Waals surface area contributed by atoms with E-state index in [0.29, 0.717) is 25.3 Å². The van der Waals surface area contributed by atoms with Crippen molar-refractivity contribution in [1.29, 1.82) is 5.26 Å². The number of hydrogen-bond donors (Lipinski definition) is 1. The first-order valence-electron chi connectivity index (χ1n) is 5.92. The minimum atomic E-state index is -0.361. The van der Waals surface area contributed by atoms with E-state index in [4.69, 9.17) is 10.00 Å². The molecule has 1 aliphatic heterocycles. The van der Waals surface area contributed by atoms with Crippen molar-refractivity contribution in [3.8, 4) is 6.07 Å². The van der Waals surface area contributed by atoms with Gasteiger partial charge in [-0.2, -0.15) is 5.26 Å². The SMILES string of the molecule is CNC(=O)C1COCCN1c1cc(Br)cc(C#N)c1. The third-order valence-corrected chi connectivity index (χ3v) is 3.48. The summed E-state index contributed by atoms with van der Waals surface area (Å²) in [5.41, 5.74) is 1.41. The Balaban J connectivity index is 2.35. The topological polar surface area (TPSA) is 65.4 Å². The van der Waals surface area contributed by atoms with Gasteiger partial charge in [-0.15, -0.1) is 0 Å². The van der Waals surface area contributed by atoms with E-state index in [1.807, 2.05) is 11.0 Å². The summed E-state index contributed by atoms with van der Waals surface area (Å²) in [6.07, 6.45) is 0. The number of rotatable bonds is 2. The van der Waals surface area contributed by atoms with Crippen LogP contribution in [0.4, 0.5) is 5.69 Å². The van der Waals surface area contributed by atoms with Crippen molar-refractivity contribution in [2.45, 2.75) is 6.04 Å². The van der Waals surface area contributed by atoms with Crippen molar-refractivity contribution in [1.82, 2.24) is 5.32 Å². The fraction of sp³-hybridized carbons (Fsp3) is 0.385. The number of carbonyl (C=O) groups is 1. The molecule has 1 atom stereocenters. The summed E-state index contributed by atoms with van der Waals surface area (Å²) in [6.45, 7) is 1.55. The van der Waals surface area contributed by atoms with E-state index in [2.05, 4.69) is 27.3 Å². The summed E-state index contributed by atoms with van der Waals surface area (Å²) >= 11 is 3.38. The number of morpholine rings is 1. The molecule has 5 nitrogen and oxygen atoms in total. The number of nitrogens with zero attached hydrogens (tertiary/aromatic N) is 2. The number of hydrogen-bond acceptors (Lipinski definition) is 4.